The summed E-state index contributed by atoms with van der Waals surface area (Å²) in [6.07, 6.45) is 0. The fraction of sp³-hybridized carbons (Fsp3) is 0.222. The number of benzene rings is 2. The number of aliphatic imine (C=N–C) groups is 2. The minimum atomic E-state index is -0.206. The molecule has 0 amide bonds. The molecule has 0 aliphatic carbocycles. The molecule has 0 aliphatic heterocycles. The molecule has 24 heavy (non-hydrogen) atoms. The van der Waals surface area contributed by atoms with Gasteiger partial charge >= 0.3 is 0 Å². The van der Waals surface area contributed by atoms with E-state index in [4.69, 9.17) is 21.9 Å². The highest BCUT2D eigenvalue weighted by atomic mass is 16.5. The SMILES string of the molecule is COc1ccc(C(C)(C)c2ccccc2)cc1N=C(N)N=C(N)N. The summed E-state index contributed by atoms with van der Waals surface area (Å²) in [5.74, 6) is 0.426. The van der Waals surface area contributed by atoms with Crippen LogP contribution >= 0.6 is 0 Å². The third-order valence-electron chi connectivity index (χ3n) is 3.87. The Morgan fingerprint density at radius 2 is 1.62 bits per heavy atom. The van der Waals surface area contributed by atoms with Crippen molar-refractivity contribution in [1.29, 1.82) is 0 Å². The fourth-order valence-electron chi connectivity index (χ4n) is 2.47. The monoisotopic (exact) mass is 325 g/mol. The summed E-state index contributed by atoms with van der Waals surface area (Å²) in [6, 6.07) is 16.1. The lowest BCUT2D eigenvalue weighted by atomic mass is 9.78. The van der Waals surface area contributed by atoms with Crippen molar-refractivity contribution in [3.8, 4) is 5.75 Å². The fourth-order valence-corrected chi connectivity index (χ4v) is 2.47. The Bertz CT molecular complexity index is 762. The molecule has 0 unspecified atom stereocenters. The molecule has 6 nitrogen and oxygen atoms in total. The zero-order valence-electron chi connectivity index (χ0n) is 14.2. The van der Waals surface area contributed by atoms with Gasteiger partial charge in [0.2, 0.25) is 5.96 Å². The van der Waals surface area contributed by atoms with Crippen LogP contribution in [-0.4, -0.2) is 19.0 Å². The van der Waals surface area contributed by atoms with Gasteiger partial charge in [-0.3, -0.25) is 0 Å². The molecule has 0 saturated carbocycles. The predicted molar refractivity (Wildman–Crippen MR) is 98.7 cm³/mol. The maximum absolute atomic E-state index is 5.75. The normalized spacial score (nSPS) is 11.9. The van der Waals surface area contributed by atoms with Gasteiger partial charge in [-0.05, 0) is 23.3 Å². The lowest BCUT2D eigenvalue weighted by Gasteiger charge is -2.26. The van der Waals surface area contributed by atoms with E-state index in [0.29, 0.717) is 11.4 Å². The molecule has 0 heterocycles. The Hall–Kier alpha value is -3.02. The molecule has 0 fully saturated rings. The Morgan fingerprint density at radius 1 is 0.958 bits per heavy atom. The maximum Gasteiger partial charge on any atom is 0.223 e. The molecule has 126 valence electrons. The van der Waals surface area contributed by atoms with Gasteiger partial charge in [-0.15, -0.1) is 0 Å². The number of rotatable bonds is 4. The van der Waals surface area contributed by atoms with Crippen LogP contribution in [0.1, 0.15) is 25.0 Å². The number of hydrogen-bond donors (Lipinski definition) is 3. The van der Waals surface area contributed by atoms with Crippen molar-refractivity contribution < 1.29 is 4.74 Å². The zero-order chi connectivity index (χ0) is 17.7. The molecule has 6 N–H and O–H groups in total. The van der Waals surface area contributed by atoms with Crippen LogP contribution in [0.2, 0.25) is 0 Å². The van der Waals surface area contributed by atoms with Crippen LogP contribution in [-0.2, 0) is 5.41 Å². The number of guanidine groups is 2. The Kier molecular flexibility index (Phi) is 5.08. The first-order valence-electron chi connectivity index (χ1n) is 7.52. The van der Waals surface area contributed by atoms with Gasteiger partial charge in [-0.1, -0.05) is 50.2 Å². The van der Waals surface area contributed by atoms with E-state index < -0.39 is 0 Å². The van der Waals surface area contributed by atoms with Gasteiger partial charge in [0.15, 0.2) is 5.96 Å². The van der Waals surface area contributed by atoms with E-state index in [1.54, 1.807) is 7.11 Å². The third kappa shape index (κ3) is 3.84. The molecule has 0 atom stereocenters. The van der Waals surface area contributed by atoms with E-state index in [9.17, 15) is 0 Å². The van der Waals surface area contributed by atoms with Crippen LogP contribution in [0.5, 0.6) is 5.75 Å². The number of hydrogen-bond acceptors (Lipinski definition) is 2. The first-order valence-corrected chi connectivity index (χ1v) is 7.52. The first-order chi connectivity index (χ1) is 11.3. The second-order valence-electron chi connectivity index (χ2n) is 5.88. The number of nitrogens with zero attached hydrogens (tertiary/aromatic N) is 2. The minimum Gasteiger partial charge on any atom is -0.494 e. The van der Waals surface area contributed by atoms with E-state index >= 15 is 0 Å². The molecule has 0 saturated heterocycles. The average molecular weight is 325 g/mol. The predicted octanol–water partition coefficient (Wildman–Crippen LogP) is 2.24. The van der Waals surface area contributed by atoms with Crippen molar-refractivity contribution in [1.82, 2.24) is 0 Å². The molecular weight excluding hydrogens is 302 g/mol. The molecule has 0 aromatic heterocycles. The topological polar surface area (TPSA) is 112 Å². The molecule has 0 aliphatic rings. The summed E-state index contributed by atoms with van der Waals surface area (Å²) in [5, 5.41) is 0. The van der Waals surface area contributed by atoms with Crippen LogP contribution in [0.3, 0.4) is 0 Å². The van der Waals surface area contributed by atoms with E-state index in [-0.39, 0.29) is 17.3 Å². The maximum atomic E-state index is 5.75. The van der Waals surface area contributed by atoms with Gasteiger partial charge in [0.25, 0.3) is 0 Å². The van der Waals surface area contributed by atoms with Crippen molar-refractivity contribution in [3.63, 3.8) is 0 Å². The van der Waals surface area contributed by atoms with Crippen LogP contribution in [0.25, 0.3) is 0 Å². The summed E-state index contributed by atoms with van der Waals surface area (Å²) < 4.78 is 5.35. The molecule has 2 aromatic carbocycles. The Balaban J connectivity index is 2.51. The van der Waals surface area contributed by atoms with Gasteiger partial charge in [0.1, 0.15) is 11.4 Å². The molecular formula is C18H23N5O. The van der Waals surface area contributed by atoms with Gasteiger partial charge in [0.05, 0.1) is 7.11 Å². The highest BCUT2D eigenvalue weighted by Crippen LogP contribution is 2.37. The second-order valence-corrected chi connectivity index (χ2v) is 5.88. The molecule has 0 radical (unpaired) electrons. The highest BCUT2D eigenvalue weighted by molar-refractivity contribution is 5.93. The zero-order valence-corrected chi connectivity index (χ0v) is 14.2. The number of methoxy groups -OCH3 is 1. The average Bonchev–Trinajstić information content (AvgIpc) is 2.54. The summed E-state index contributed by atoms with van der Waals surface area (Å²) in [7, 11) is 1.58. The minimum absolute atomic E-state index is 0.0250. The van der Waals surface area contributed by atoms with E-state index in [1.807, 2.05) is 36.4 Å². The largest absolute Gasteiger partial charge is 0.494 e. The lowest BCUT2D eigenvalue weighted by Crippen LogP contribution is -2.26. The highest BCUT2D eigenvalue weighted by Gasteiger charge is 2.24. The van der Waals surface area contributed by atoms with Crippen LogP contribution < -0.4 is 21.9 Å². The van der Waals surface area contributed by atoms with Crippen LogP contribution in [0.4, 0.5) is 5.69 Å². The molecule has 2 rings (SSSR count). The summed E-state index contributed by atoms with van der Waals surface area (Å²) >= 11 is 0. The molecule has 0 spiro atoms. The van der Waals surface area contributed by atoms with E-state index in [1.165, 1.54) is 5.56 Å². The summed E-state index contributed by atoms with van der Waals surface area (Å²) in [4.78, 5) is 8.00. The Labute approximate surface area is 142 Å². The van der Waals surface area contributed by atoms with Crippen molar-refractivity contribution in [2.75, 3.05) is 7.11 Å². The second kappa shape index (κ2) is 7.04. The van der Waals surface area contributed by atoms with Gasteiger partial charge in [0, 0.05) is 5.41 Å². The summed E-state index contributed by atoms with van der Waals surface area (Å²) in [6.45, 7) is 4.30. The summed E-state index contributed by atoms with van der Waals surface area (Å²) in [5.41, 5.74) is 19.0. The van der Waals surface area contributed by atoms with Gasteiger partial charge in [-0.2, -0.15) is 4.99 Å². The first kappa shape index (κ1) is 17.3. The van der Waals surface area contributed by atoms with E-state index in [0.717, 1.165) is 5.56 Å². The van der Waals surface area contributed by atoms with E-state index in [2.05, 4.69) is 36.0 Å². The standard InChI is InChI=1S/C18H23N5O/c1-18(2,12-7-5-4-6-8-12)13-9-10-15(24-3)14(11-13)22-17(21)23-16(19)20/h4-11H,1-3H3,(H6,19,20,21,22,23). The van der Waals surface area contributed by atoms with Crippen LogP contribution in [0, 0.1) is 0 Å². The quantitative estimate of drug-likeness (QED) is 0.591. The van der Waals surface area contributed by atoms with Gasteiger partial charge in [-0.25, -0.2) is 4.99 Å². The van der Waals surface area contributed by atoms with Crippen LogP contribution in [0.15, 0.2) is 58.5 Å². The number of nitrogens with two attached hydrogens (primary N) is 3. The molecule has 2 aromatic rings. The Morgan fingerprint density at radius 3 is 2.21 bits per heavy atom. The third-order valence-corrected chi connectivity index (χ3v) is 3.87. The van der Waals surface area contributed by atoms with Crippen molar-refractivity contribution in [3.05, 3.63) is 59.7 Å². The van der Waals surface area contributed by atoms with Crippen molar-refractivity contribution in [2.24, 2.45) is 27.2 Å². The van der Waals surface area contributed by atoms with Crippen molar-refractivity contribution >= 4 is 17.6 Å². The van der Waals surface area contributed by atoms with Crippen molar-refractivity contribution in [2.45, 2.75) is 19.3 Å². The van der Waals surface area contributed by atoms with Gasteiger partial charge < -0.3 is 21.9 Å². The molecule has 6 heteroatoms. The lowest BCUT2D eigenvalue weighted by molar-refractivity contribution is 0.415. The number of ether oxygens (including phenoxy) is 1. The molecule has 0 bridgehead atoms. The smallest absolute Gasteiger partial charge is 0.223 e.